The molecule has 0 aromatic rings. The van der Waals surface area contributed by atoms with Crippen LogP contribution < -0.4 is 11.1 Å². The van der Waals surface area contributed by atoms with Gasteiger partial charge in [0.05, 0.1) is 5.60 Å². The van der Waals surface area contributed by atoms with Crippen molar-refractivity contribution in [1.82, 2.24) is 5.32 Å². The molecular formula is C54H102Cl2N2O4. The number of aliphatic hydroxyl groups is 1. The molecule has 4 fully saturated rings. The lowest BCUT2D eigenvalue weighted by atomic mass is 9.59. The predicted octanol–water partition coefficient (Wildman–Crippen LogP) is 14.8. The summed E-state index contributed by atoms with van der Waals surface area (Å²) in [5.41, 5.74) is 9.59. The zero-order valence-corrected chi connectivity index (χ0v) is 46.3. The SMILES string of the molecule is CC1(C)CC(=O)CC(C)(C)C1.CC1(C)CC(C)(C)CC(C)(N)C1.CC1(C)CC(C)(C)CC(C)(NC(=O)CCl)C1.CC1(C)CC(C)(C)CC(C)(O)C1.CC1=CC(=O)CC(C)(C)C1.Cl. The van der Waals surface area contributed by atoms with Gasteiger partial charge < -0.3 is 16.2 Å². The lowest BCUT2D eigenvalue weighted by molar-refractivity contribution is -0.127. The summed E-state index contributed by atoms with van der Waals surface area (Å²) in [7, 11) is 0. The Kier molecular flexibility index (Phi) is 20.6. The van der Waals surface area contributed by atoms with Crippen molar-refractivity contribution >= 4 is 41.5 Å². The van der Waals surface area contributed by atoms with Crippen LogP contribution in [0.4, 0.5) is 0 Å². The van der Waals surface area contributed by atoms with Gasteiger partial charge in [-0.2, -0.15) is 0 Å². The maximum Gasteiger partial charge on any atom is 0.235 e. The maximum absolute atomic E-state index is 11.5. The average molecular weight is 914 g/mol. The van der Waals surface area contributed by atoms with Crippen molar-refractivity contribution in [3.8, 4) is 0 Å². The number of hydrogen-bond acceptors (Lipinski definition) is 5. The fraction of sp³-hybridized carbons (Fsp3) is 0.907. The number of hydrogen-bond donors (Lipinski definition) is 3. The van der Waals surface area contributed by atoms with Crippen LogP contribution in [0.25, 0.3) is 0 Å². The lowest BCUT2D eigenvalue weighted by Gasteiger charge is -2.50. The number of rotatable bonds is 2. The molecule has 366 valence electrons. The first-order valence-corrected chi connectivity index (χ1v) is 24.3. The summed E-state index contributed by atoms with van der Waals surface area (Å²) in [5, 5.41) is 13.1. The topological polar surface area (TPSA) is 109 Å². The number of Topliss-reactive ketones (excluding diaryl/α,β-unsaturated/α-hetero) is 1. The van der Waals surface area contributed by atoms with Crippen LogP contribution in [0.2, 0.25) is 0 Å². The molecule has 0 saturated heterocycles. The molecule has 4 saturated carbocycles. The summed E-state index contributed by atoms with van der Waals surface area (Å²) < 4.78 is 0. The molecule has 1 amide bonds. The van der Waals surface area contributed by atoms with Crippen molar-refractivity contribution in [2.45, 2.75) is 259 Å². The third-order valence-corrected chi connectivity index (χ3v) is 13.0. The van der Waals surface area contributed by atoms with E-state index in [0.717, 1.165) is 57.8 Å². The third-order valence-electron chi connectivity index (χ3n) is 12.8. The molecule has 0 unspecified atom stereocenters. The Morgan fingerprint density at radius 2 is 0.855 bits per heavy atom. The number of nitrogens with one attached hydrogen (secondary N) is 1. The molecule has 0 spiro atoms. The highest BCUT2D eigenvalue weighted by Gasteiger charge is 2.46. The fourth-order valence-corrected chi connectivity index (χ4v) is 15.6. The molecule has 0 heterocycles. The number of halogens is 2. The highest BCUT2D eigenvalue weighted by Crippen LogP contribution is 2.52. The summed E-state index contributed by atoms with van der Waals surface area (Å²) in [6.07, 6.45) is 16.2. The predicted molar refractivity (Wildman–Crippen MR) is 270 cm³/mol. The van der Waals surface area contributed by atoms with Crippen molar-refractivity contribution < 1.29 is 19.5 Å². The lowest BCUT2D eigenvalue weighted by Crippen LogP contribution is -2.55. The summed E-state index contributed by atoms with van der Waals surface area (Å²) in [5.74, 6) is 0.717. The van der Waals surface area contributed by atoms with Crippen molar-refractivity contribution in [2.75, 3.05) is 5.88 Å². The van der Waals surface area contributed by atoms with Crippen molar-refractivity contribution in [3.63, 3.8) is 0 Å². The smallest absolute Gasteiger partial charge is 0.235 e. The molecule has 62 heavy (non-hydrogen) atoms. The van der Waals surface area contributed by atoms with Crippen LogP contribution in [0, 0.1) is 48.7 Å². The number of ketones is 2. The Bertz CT molecular complexity index is 1370. The monoisotopic (exact) mass is 913 g/mol. The summed E-state index contributed by atoms with van der Waals surface area (Å²) in [6, 6.07) is 0. The van der Waals surface area contributed by atoms with Crippen molar-refractivity contribution in [3.05, 3.63) is 11.6 Å². The van der Waals surface area contributed by atoms with E-state index in [2.05, 4.69) is 144 Å². The number of allylic oxidation sites excluding steroid dienone is 2. The molecule has 4 N–H and O–H groups in total. The normalized spacial score (nSPS) is 27.9. The summed E-state index contributed by atoms with van der Waals surface area (Å²) in [6.45, 7) is 48.8. The number of nitrogens with two attached hydrogens (primary N) is 1. The van der Waals surface area contributed by atoms with Gasteiger partial charge in [-0.3, -0.25) is 14.4 Å². The first-order chi connectivity index (χ1) is 26.6. The highest BCUT2D eigenvalue weighted by molar-refractivity contribution is 6.27. The van der Waals surface area contributed by atoms with E-state index in [-0.39, 0.29) is 68.1 Å². The largest absolute Gasteiger partial charge is 0.390 e. The van der Waals surface area contributed by atoms with Crippen LogP contribution in [-0.4, -0.2) is 45.1 Å². The van der Waals surface area contributed by atoms with Gasteiger partial charge >= 0.3 is 0 Å². The molecule has 0 aromatic carbocycles. The molecule has 6 nitrogen and oxygen atoms in total. The van der Waals surface area contributed by atoms with Gasteiger partial charge in [0.15, 0.2) is 5.78 Å². The van der Waals surface area contributed by atoms with Crippen LogP contribution in [0.5, 0.6) is 0 Å². The Morgan fingerprint density at radius 3 is 1.13 bits per heavy atom. The van der Waals surface area contributed by atoms with E-state index in [1.807, 2.05) is 13.8 Å². The van der Waals surface area contributed by atoms with Gasteiger partial charge in [-0.1, -0.05) is 130 Å². The van der Waals surface area contributed by atoms with Gasteiger partial charge in [0, 0.05) is 30.3 Å². The second-order valence-corrected chi connectivity index (χ2v) is 29.6. The Hall–Kier alpha value is -0.950. The van der Waals surface area contributed by atoms with Gasteiger partial charge in [-0.15, -0.1) is 24.0 Å². The van der Waals surface area contributed by atoms with E-state index in [1.54, 1.807) is 6.08 Å². The second-order valence-electron chi connectivity index (χ2n) is 29.3. The standard InChI is InChI=1S/C13H24ClNO.C11H23N.C11H22O.C10H18O.C9H14O.ClH/c1-11(2)7-12(3,4)9-13(5,8-11)15-10(16)6-14;2*1-9(2)6-10(3,4)8-11(5,12)7-9;1-9(2)5-8(11)6-10(3,4)7-9;1-7-4-8(10)6-9(2,3)5-7;/h6-9H2,1-5H3,(H,15,16);6-8,12H2,1-5H3;12H,6-8H2,1-5H3;5-7H2,1-4H3;4H,5-6H2,1-3H3;1H. The average Bonchev–Trinajstić information content (AvgIpc) is 2.82. The number of carbonyl (C=O) groups excluding carboxylic acids is 3. The van der Waals surface area contributed by atoms with E-state index < -0.39 is 5.60 Å². The summed E-state index contributed by atoms with van der Waals surface area (Å²) >= 11 is 5.56. The zero-order valence-electron chi connectivity index (χ0n) is 44.7. The van der Waals surface area contributed by atoms with Crippen LogP contribution in [0.1, 0.15) is 242 Å². The van der Waals surface area contributed by atoms with Gasteiger partial charge in [0.2, 0.25) is 5.91 Å². The Morgan fingerprint density at radius 1 is 0.532 bits per heavy atom. The second kappa shape index (κ2) is 20.9. The highest BCUT2D eigenvalue weighted by atomic mass is 35.5. The van der Waals surface area contributed by atoms with Crippen molar-refractivity contribution in [1.29, 1.82) is 0 Å². The molecule has 0 radical (unpaired) electrons. The van der Waals surface area contributed by atoms with Gasteiger partial charge in [0.25, 0.3) is 0 Å². The van der Waals surface area contributed by atoms with Gasteiger partial charge in [-0.05, 0) is 153 Å². The van der Waals surface area contributed by atoms with E-state index in [1.165, 1.54) is 31.3 Å². The molecule has 0 bridgehead atoms. The Balaban J connectivity index is 0.000000754. The van der Waals surface area contributed by atoms with Crippen LogP contribution in [-0.2, 0) is 14.4 Å². The first-order valence-electron chi connectivity index (χ1n) is 23.7. The minimum Gasteiger partial charge on any atom is -0.390 e. The molecule has 0 atom stereocenters. The van der Waals surface area contributed by atoms with E-state index in [4.69, 9.17) is 17.3 Å². The molecule has 8 heteroatoms. The molecule has 5 aliphatic rings. The number of amides is 1. The molecule has 5 rings (SSSR count). The first kappa shape index (κ1) is 61.0. The fourth-order valence-electron chi connectivity index (χ4n) is 15.5. The summed E-state index contributed by atoms with van der Waals surface area (Å²) in [4.78, 5) is 33.8. The number of alkyl halides is 1. The molecule has 0 aliphatic heterocycles. The van der Waals surface area contributed by atoms with E-state index >= 15 is 0 Å². The van der Waals surface area contributed by atoms with E-state index in [0.29, 0.717) is 33.9 Å². The van der Waals surface area contributed by atoms with Gasteiger partial charge in [0.1, 0.15) is 11.7 Å². The van der Waals surface area contributed by atoms with Crippen LogP contribution >= 0.6 is 24.0 Å². The van der Waals surface area contributed by atoms with Crippen LogP contribution in [0.15, 0.2) is 11.6 Å². The van der Waals surface area contributed by atoms with E-state index in [9.17, 15) is 19.5 Å². The maximum atomic E-state index is 11.5. The molecular weight excluding hydrogens is 812 g/mol. The van der Waals surface area contributed by atoms with Gasteiger partial charge in [-0.25, -0.2) is 0 Å². The number of carbonyl (C=O) groups is 3. The molecule has 0 aromatic heterocycles. The molecule has 5 aliphatic carbocycles. The zero-order chi connectivity index (χ0) is 48.3. The third kappa shape index (κ3) is 24.5. The van der Waals surface area contributed by atoms with Crippen molar-refractivity contribution in [2.24, 2.45) is 54.5 Å². The Labute approximate surface area is 395 Å². The minimum atomic E-state index is -0.453. The minimum absolute atomic E-state index is 0. The quantitative estimate of drug-likeness (QED) is 0.239. The van der Waals surface area contributed by atoms with Crippen LogP contribution in [0.3, 0.4) is 0 Å².